The first kappa shape index (κ1) is 18.5. The van der Waals surface area contributed by atoms with Crippen molar-refractivity contribution >= 4 is 5.91 Å². The Hall–Kier alpha value is -2.29. The molecule has 4 aliphatic carbocycles. The SMILES string of the molecule is COc1ccc(C23CC4CC(CC(C(=O)N5CCc6ccccc6C5)(C4)C2)C3)cc1. The molecule has 7 rings (SSSR count). The number of ether oxygens (including phenoxy) is 1. The van der Waals surface area contributed by atoms with Crippen LogP contribution in [-0.4, -0.2) is 24.5 Å². The Morgan fingerprint density at radius 1 is 0.967 bits per heavy atom. The molecule has 156 valence electrons. The monoisotopic (exact) mass is 401 g/mol. The number of carbonyl (C=O) groups is 1. The third-order valence-corrected chi connectivity index (χ3v) is 8.64. The molecule has 1 amide bonds. The summed E-state index contributed by atoms with van der Waals surface area (Å²) in [5.41, 5.74) is 4.22. The second kappa shape index (κ2) is 6.60. The van der Waals surface area contributed by atoms with Crippen LogP contribution in [0.1, 0.15) is 55.2 Å². The van der Waals surface area contributed by atoms with Crippen LogP contribution < -0.4 is 4.74 Å². The minimum Gasteiger partial charge on any atom is -0.497 e. The van der Waals surface area contributed by atoms with Crippen LogP contribution >= 0.6 is 0 Å². The summed E-state index contributed by atoms with van der Waals surface area (Å²) in [6.07, 6.45) is 8.10. The standard InChI is InChI=1S/C27H31NO2/c1-30-24-8-6-23(7-9-24)26-13-19-12-20(14-26)16-27(15-19,18-26)25(29)28-11-10-21-4-2-3-5-22(21)17-28/h2-9,19-20H,10-18H2,1H3. The summed E-state index contributed by atoms with van der Waals surface area (Å²) in [6.45, 7) is 1.67. The summed E-state index contributed by atoms with van der Waals surface area (Å²) in [6, 6.07) is 17.4. The number of hydrogen-bond donors (Lipinski definition) is 0. The Bertz CT molecular complexity index is 965. The maximum Gasteiger partial charge on any atom is 0.229 e. The number of carbonyl (C=O) groups excluding carboxylic acids is 1. The van der Waals surface area contributed by atoms with Crippen molar-refractivity contribution in [1.29, 1.82) is 0 Å². The number of nitrogens with zero attached hydrogens (tertiary/aromatic N) is 1. The topological polar surface area (TPSA) is 29.5 Å². The number of methoxy groups -OCH3 is 1. The van der Waals surface area contributed by atoms with Gasteiger partial charge in [0.1, 0.15) is 5.75 Å². The quantitative estimate of drug-likeness (QED) is 0.715. The molecule has 2 aromatic rings. The summed E-state index contributed by atoms with van der Waals surface area (Å²) < 4.78 is 5.39. The van der Waals surface area contributed by atoms with Crippen molar-refractivity contribution in [2.75, 3.05) is 13.7 Å². The van der Waals surface area contributed by atoms with Crippen LogP contribution in [0.4, 0.5) is 0 Å². The molecule has 30 heavy (non-hydrogen) atoms. The highest BCUT2D eigenvalue weighted by Gasteiger charge is 2.61. The van der Waals surface area contributed by atoms with E-state index in [0.29, 0.717) is 17.7 Å². The molecular formula is C27H31NO2. The zero-order chi connectivity index (χ0) is 20.3. The van der Waals surface area contributed by atoms with Crippen LogP contribution in [0, 0.1) is 17.3 Å². The van der Waals surface area contributed by atoms with Crippen molar-refractivity contribution in [3.63, 3.8) is 0 Å². The lowest BCUT2D eigenvalue weighted by Gasteiger charge is -2.62. The van der Waals surface area contributed by atoms with Crippen LogP contribution in [0.3, 0.4) is 0 Å². The molecule has 3 nitrogen and oxygen atoms in total. The third kappa shape index (κ3) is 2.74. The lowest BCUT2D eigenvalue weighted by atomic mass is 9.42. The smallest absolute Gasteiger partial charge is 0.229 e. The van der Waals surface area contributed by atoms with Crippen molar-refractivity contribution in [3.8, 4) is 5.75 Å². The highest BCUT2D eigenvalue weighted by Crippen LogP contribution is 2.66. The second-order valence-electron chi connectivity index (χ2n) is 10.5. The van der Waals surface area contributed by atoms with Gasteiger partial charge < -0.3 is 9.64 Å². The fourth-order valence-corrected chi connectivity index (χ4v) is 7.80. The predicted molar refractivity (Wildman–Crippen MR) is 117 cm³/mol. The number of hydrogen-bond acceptors (Lipinski definition) is 2. The van der Waals surface area contributed by atoms with Crippen molar-refractivity contribution in [1.82, 2.24) is 4.90 Å². The van der Waals surface area contributed by atoms with Crippen molar-refractivity contribution in [2.45, 2.75) is 56.9 Å². The first-order valence-corrected chi connectivity index (χ1v) is 11.6. The van der Waals surface area contributed by atoms with Crippen molar-refractivity contribution < 1.29 is 9.53 Å². The molecule has 0 aromatic heterocycles. The minimum atomic E-state index is -0.143. The van der Waals surface area contributed by atoms with Crippen molar-refractivity contribution in [3.05, 3.63) is 65.2 Å². The van der Waals surface area contributed by atoms with E-state index in [-0.39, 0.29) is 10.8 Å². The van der Waals surface area contributed by atoms with Gasteiger partial charge in [-0.3, -0.25) is 4.79 Å². The van der Waals surface area contributed by atoms with E-state index in [2.05, 4.69) is 53.4 Å². The predicted octanol–water partition coefficient (Wildman–Crippen LogP) is 5.12. The van der Waals surface area contributed by atoms with Crippen molar-refractivity contribution in [2.24, 2.45) is 17.3 Å². The summed E-state index contributed by atoms with van der Waals surface area (Å²) in [7, 11) is 1.73. The van der Waals surface area contributed by atoms with Crippen LogP contribution in [0.15, 0.2) is 48.5 Å². The number of rotatable bonds is 3. The normalized spacial score (nSPS) is 34.0. The molecule has 2 aromatic carbocycles. The van der Waals surface area contributed by atoms with E-state index in [0.717, 1.165) is 44.5 Å². The molecule has 2 unspecified atom stereocenters. The van der Waals surface area contributed by atoms with Gasteiger partial charge in [0.25, 0.3) is 0 Å². The van der Waals surface area contributed by atoms with E-state index in [1.807, 2.05) is 0 Å². The minimum absolute atomic E-state index is 0.143. The van der Waals surface area contributed by atoms with E-state index in [4.69, 9.17) is 4.74 Å². The van der Waals surface area contributed by atoms with E-state index >= 15 is 0 Å². The summed E-state index contributed by atoms with van der Waals surface area (Å²) >= 11 is 0. The van der Waals surface area contributed by atoms with E-state index in [9.17, 15) is 4.79 Å². The largest absolute Gasteiger partial charge is 0.497 e. The van der Waals surface area contributed by atoms with Gasteiger partial charge in [-0.15, -0.1) is 0 Å². The highest BCUT2D eigenvalue weighted by molar-refractivity contribution is 5.84. The Balaban J connectivity index is 1.32. The molecule has 3 heteroatoms. The Morgan fingerprint density at radius 3 is 2.37 bits per heavy atom. The molecule has 4 fully saturated rings. The molecule has 4 saturated carbocycles. The molecule has 0 saturated heterocycles. The molecule has 1 aliphatic heterocycles. The zero-order valence-corrected chi connectivity index (χ0v) is 17.9. The summed E-state index contributed by atoms with van der Waals surface area (Å²) in [5.74, 6) is 2.77. The lowest BCUT2D eigenvalue weighted by Crippen LogP contribution is -2.60. The van der Waals surface area contributed by atoms with Gasteiger partial charge in [0, 0.05) is 13.1 Å². The maximum absolute atomic E-state index is 14.0. The average molecular weight is 402 g/mol. The lowest BCUT2D eigenvalue weighted by molar-refractivity contribution is -0.161. The van der Waals surface area contributed by atoms with E-state index in [1.165, 1.54) is 36.0 Å². The first-order valence-electron chi connectivity index (χ1n) is 11.6. The first-order chi connectivity index (χ1) is 14.6. The van der Waals surface area contributed by atoms with Crippen LogP contribution in [0.2, 0.25) is 0 Å². The fraction of sp³-hybridized carbons (Fsp3) is 0.519. The molecule has 0 N–H and O–H groups in total. The molecule has 5 aliphatic rings. The van der Waals surface area contributed by atoms with Gasteiger partial charge in [-0.1, -0.05) is 36.4 Å². The molecule has 2 atom stereocenters. The zero-order valence-electron chi connectivity index (χ0n) is 17.9. The summed E-state index contributed by atoms with van der Waals surface area (Å²) in [4.78, 5) is 16.2. The van der Waals surface area contributed by atoms with Crippen LogP contribution in [0.25, 0.3) is 0 Å². The van der Waals surface area contributed by atoms with Gasteiger partial charge in [-0.2, -0.15) is 0 Å². The van der Waals surface area contributed by atoms with Gasteiger partial charge in [0.05, 0.1) is 12.5 Å². The number of benzene rings is 2. The van der Waals surface area contributed by atoms with Gasteiger partial charge in [0.2, 0.25) is 5.91 Å². The molecule has 4 bridgehead atoms. The third-order valence-electron chi connectivity index (χ3n) is 8.64. The van der Waals surface area contributed by atoms with Gasteiger partial charge in [-0.05, 0) is 91.0 Å². The van der Waals surface area contributed by atoms with Gasteiger partial charge in [0.15, 0.2) is 0 Å². The van der Waals surface area contributed by atoms with Crippen LogP contribution in [-0.2, 0) is 23.2 Å². The Kier molecular flexibility index (Phi) is 4.07. The molecule has 1 heterocycles. The Labute approximate surface area is 179 Å². The van der Waals surface area contributed by atoms with Gasteiger partial charge in [-0.25, -0.2) is 0 Å². The summed E-state index contributed by atoms with van der Waals surface area (Å²) in [5, 5.41) is 0. The highest BCUT2D eigenvalue weighted by atomic mass is 16.5. The van der Waals surface area contributed by atoms with Gasteiger partial charge >= 0.3 is 0 Å². The molecule has 0 radical (unpaired) electrons. The van der Waals surface area contributed by atoms with E-state index in [1.54, 1.807) is 7.11 Å². The number of amides is 1. The number of fused-ring (bicyclic) bond motifs is 1. The second-order valence-corrected chi connectivity index (χ2v) is 10.5. The van der Waals surface area contributed by atoms with E-state index < -0.39 is 0 Å². The molecular weight excluding hydrogens is 370 g/mol. The van der Waals surface area contributed by atoms with Crippen LogP contribution in [0.5, 0.6) is 5.75 Å². The Morgan fingerprint density at radius 2 is 1.67 bits per heavy atom. The maximum atomic E-state index is 14.0. The molecule has 0 spiro atoms. The fourth-order valence-electron chi connectivity index (χ4n) is 7.80. The average Bonchev–Trinajstić information content (AvgIpc) is 2.77.